The zero-order chi connectivity index (χ0) is 13.7. The van der Waals surface area contributed by atoms with Crippen molar-refractivity contribution in [3.8, 4) is 0 Å². The van der Waals surface area contributed by atoms with Crippen molar-refractivity contribution < 1.29 is 5.21 Å². The fourth-order valence-electron chi connectivity index (χ4n) is 2.60. The lowest BCUT2D eigenvalue weighted by molar-refractivity contribution is 0.265. The number of hydrogen-bond donors (Lipinski definition) is 2. The summed E-state index contributed by atoms with van der Waals surface area (Å²) >= 11 is 0. The second-order valence-corrected chi connectivity index (χ2v) is 5.74. The van der Waals surface area contributed by atoms with Crippen LogP contribution in [-0.4, -0.2) is 36.1 Å². The molecule has 1 saturated carbocycles. The molecule has 19 heavy (non-hydrogen) atoms. The van der Waals surface area contributed by atoms with Crippen LogP contribution in [0, 0.1) is 5.41 Å². The maximum Gasteiger partial charge on any atom is 0.139 e. The third kappa shape index (κ3) is 4.24. The Kier molecular flexibility index (Phi) is 4.43. The summed E-state index contributed by atoms with van der Waals surface area (Å²) < 4.78 is 0. The van der Waals surface area contributed by atoms with Crippen molar-refractivity contribution in [2.24, 2.45) is 16.3 Å². The molecule has 104 valence electrons. The van der Waals surface area contributed by atoms with Crippen molar-refractivity contribution in [2.45, 2.75) is 25.7 Å². The minimum Gasteiger partial charge on any atom is -0.409 e. The minimum absolute atomic E-state index is 0.252. The van der Waals surface area contributed by atoms with Gasteiger partial charge in [-0.15, -0.1) is 0 Å². The zero-order valence-corrected chi connectivity index (χ0v) is 11.5. The first-order valence-electron chi connectivity index (χ1n) is 6.82. The Balaban J connectivity index is 1.77. The number of nitrogens with two attached hydrogens (primary N) is 1. The number of hydrogen-bond acceptors (Lipinski definition) is 3. The summed E-state index contributed by atoms with van der Waals surface area (Å²) in [6.07, 6.45) is 4.13. The molecule has 1 aliphatic carbocycles. The van der Waals surface area contributed by atoms with E-state index in [2.05, 4.69) is 41.4 Å². The second-order valence-electron chi connectivity index (χ2n) is 5.74. The lowest BCUT2D eigenvalue weighted by atomic mass is 10.0. The van der Waals surface area contributed by atoms with E-state index in [0.29, 0.717) is 12.3 Å². The van der Waals surface area contributed by atoms with Crippen LogP contribution in [0.4, 0.5) is 0 Å². The minimum atomic E-state index is 0.252. The van der Waals surface area contributed by atoms with Gasteiger partial charge in [0.25, 0.3) is 0 Å². The van der Waals surface area contributed by atoms with E-state index in [1.165, 1.54) is 18.4 Å². The maximum atomic E-state index is 8.66. The van der Waals surface area contributed by atoms with Gasteiger partial charge in [0, 0.05) is 19.5 Å². The Morgan fingerprint density at radius 2 is 2.05 bits per heavy atom. The highest BCUT2D eigenvalue weighted by molar-refractivity contribution is 5.80. The van der Waals surface area contributed by atoms with Crippen LogP contribution in [0.2, 0.25) is 0 Å². The van der Waals surface area contributed by atoms with E-state index in [1.54, 1.807) is 0 Å². The van der Waals surface area contributed by atoms with E-state index in [1.807, 2.05) is 6.07 Å². The van der Waals surface area contributed by atoms with Gasteiger partial charge in [0.1, 0.15) is 5.84 Å². The van der Waals surface area contributed by atoms with Gasteiger partial charge < -0.3 is 15.8 Å². The lowest BCUT2D eigenvalue weighted by Crippen LogP contribution is -2.31. The maximum absolute atomic E-state index is 8.66. The van der Waals surface area contributed by atoms with Crippen LogP contribution in [0.1, 0.15) is 24.8 Å². The molecule has 0 unspecified atom stereocenters. The molecular weight excluding hydrogens is 238 g/mol. The summed E-state index contributed by atoms with van der Waals surface area (Å²) in [5, 5.41) is 11.8. The van der Waals surface area contributed by atoms with Crippen LogP contribution in [0.15, 0.2) is 35.5 Å². The molecule has 0 bridgehead atoms. The molecule has 0 aromatic heterocycles. The summed E-state index contributed by atoms with van der Waals surface area (Å²) in [6, 6.07) is 10.5. The van der Waals surface area contributed by atoms with Gasteiger partial charge >= 0.3 is 0 Å². The van der Waals surface area contributed by atoms with E-state index >= 15 is 0 Å². The Morgan fingerprint density at radius 3 is 2.63 bits per heavy atom. The molecule has 4 heteroatoms. The summed E-state index contributed by atoms with van der Waals surface area (Å²) in [5.41, 5.74) is 7.24. The van der Waals surface area contributed by atoms with Crippen LogP contribution >= 0.6 is 0 Å². The molecule has 0 amide bonds. The fourth-order valence-corrected chi connectivity index (χ4v) is 2.60. The number of benzene rings is 1. The van der Waals surface area contributed by atoms with Crippen molar-refractivity contribution in [3.05, 3.63) is 35.9 Å². The van der Waals surface area contributed by atoms with Gasteiger partial charge in [0.2, 0.25) is 0 Å². The van der Waals surface area contributed by atoms with Gasteiger partial charge in [0.05, 0.1) is 0 Å². The van der Waals surface area contributed by atoms with Gasteiger partial charge in [-0.3, -0.25) is 0 Å². The van der Waals surface area contributed by atoms with Crippen molar-refractivity contribution >= 4 is 5.84 Å². The molecule has 1 aromatic carbocycles. The Labute approximate surface area is 114 Å². The first-order chi connectivity index (χ1) is 9.13. The first-order valence-corrected chi connectivity index (χ1v) is 6.82. The number of amidine groups is 1. The van der Waals surface area contributed by atoms with E-state index in [0.717, 1.165) is 19.5 Å². The van der Waals surface area contributed by atoms with E-state index in [4.69, 9.17) is 10.9 Å². The highest BCUT2D eigenvalue weighted by Gasteiger charge is 2.43. The average molecular weight is 261 g/mol. The van der Waals surface area contributed by atoms with Gasteiger partial charge in [-0.2, -0.15) is 0 Å². The molecule has 1 aromatic rings. The van der Waals surface area contributed by atoms with Gasteiger partial charge in [-0.25, -0.2) is 0 Å². The van der Waals surface area contributed by atoms with Gasteiger partial charge in [-0.05, 0) is 37.3 Å². The Hall–Kier alpha value is -1.55. The molecule has 0 aliphatic heterocycles. The predicted molar refractivity (Wildman–Crippen MR) is 77.3 cm³/mol. The largest absolute Gasteiger partial charge is 0.409 e. The topological polar surface area (TPSA) is 61.8 Å². The molecule has 2 rings (SSSR count). The molecule has 4 nitrogen and oxygen atoms in total. The second kappa shape index (κ2) is 6.06. The van der Waals surface area contributed by atoms with Crippen LogP contribution in [0.25, 0.3) is 0 Å². The molecule has 1 fully saturated rings. The Bertz CT molecular complexity index is 426. The molecule has 0 saturated heterocycles. The molecule has 1 aliphatic rings. The summed E-state index contributed by atoms with van der Waals surface area (Å²) in [4.78, 5) is 2.35. The molecule has 0 radical (unpaired) electrons. The number of likely N-dealkylation sites (N-methyl/N-ethyl adjacent to an activating group) is 1. The lowest BCUT2D eigenvalue weighted by Gasteiger charge is -2.23. The Morgan fingerprint density at radius 1 is 1.37 bits per heavy atom. The van der Waals surface area contributed by atoms with Crippen molar-refractivity contribution in [2.75, 3.05) is 20.1 Å². The monoisotopic (exact) mass is 261 g/mol. The van der Waals surface area contributed by atoms with Crippen molar-refractivity contribution in [3.63, 3.8) is 0 Å². The summed E-state index contributed by atoms with van der Waals surface area (Å²) in [5.74, 6) is 0.356. The summed E-state index contributed by atoms with van der Waals surface area (Å²) in [6.45, 7) is 2.07. The number of rotatable bonds is 7. The normalized spacial score (nSPS) is 17.7. The highest BCUT2D eigenvalue weighted by Crippen LogP contribution is 2.49. The zero-order valence-electron chi connectivity index (χ0n) is 11.5. The van der Waals surface area contributed by atoms with E-state index in [9.17, 15) is 0 Å². The van der Waals surface area contributed by atoms with Crippen LogP contribution in [0.3, 0.4) is 0 Å². The van der Waals surface area contributed by atoms with Crippen LogP contribution in [0.5, 0.6) is 0 Å². The third-order valence-electron chi connectivity index (χ3n) is 3.87. The molecule has 0 atom stereocenters. The third-order valence-corrected chi connectivity index (χ3v) is 3.87. The average Bonchev–Trinajstić information content (AvgIpc) is 3.16. The molecule has 3 N–H and O–H groups in total. The fraction of sp³-hybridized carbons (Fsp3) is 0.533. The standard InChI is InChI=1S/C15H23N3O/c1-18(10-7-13-5-3-2-4-6-13)12-15(8-9-15)11-14(16)17-19/h2-6,19H,7-12H2,1H3,(H2,16,17). The smallest absolute Gasteiger partial charge is 0.139 e. The van der Waals surface area contributed by atoms with E-state index < -0.39 is 0 Å². The quantitative estimate of drug-likeness (QED) is 0.342. The number of oxime groups is 1. The predicted octanol–water partition coefficient (Wildman–Crippen LogP) is 2.08. The first kappa shape index (κ1) is 13.9. The van der Waals surface area contributed by atoms with Crippen LogP contribution < -0.4 is 5.73 Å². The number of nitrogens with zero attached hydrogens (tertiary/aromatic N) is 2. The van der Waals surface area contributed by atoms with Gasteiger partial charge in [-0.1, -0.05) is 35.5 Å². The summed E-state index contributed by atoms with van der Waals surface area (Å²) in [7, 11) is 2.15. The molecule has 0 heterocycles. The van der Waals surface area contributed by atoms with Crippen molar-refractivity contribution in [1.29, 1.82) is 0 Å². The van der Waals surface area contributed by atoms with Crippen molar-refractivity contribution in [1.82, 2.24) is 4.90 Å². The van der Waals surface area contributed by atoms with Gasteiger partial charge in [0.15, 0.2) is 0 Å². The van der Waals surface area contributed by atoms with E-state index in [-0.39, 0.29) is 5.41 Å². The molecular formula is C15H23N3O. The molecule has 0 spiro atoms. The SMILES string of the molecule is CN(CCc1ccccc1)CC1(CC(N)=NO)CC1. The van der Waals surface area contributed by atoms with Crippen LogP contribution in [-0.2, 0) is 6.42 Å². The highest BCUT2D eigenvalue weighted by atomic mass is 16.4.